The number of guanidine groups is 1. The van der Waals surface area contributed by atoms with Gasteiger partial charge in [-0.25, -0.2) is 4.99 Å². The third-order valence-electron chi connectivity index (χ3n) is 2.64. The smallest absolute Gasteiger partial charge is 0.387 e. The Labute approximate surface area is 114 Å². The molecule has 20 heavy (non-hydrogen) atoms. The van der Waals surface area contributed by atoms with Gasteiger partial charge in [-0.15, -0.1) is 0 Å². The monoisotopic (exact) mass is 287 g/mol. The molecule has 110 valence electrons. The molecular formula is C12H15F2N3O3. The fourth-order valence-corrected chi connectivity index (χ4v) is 1.60. The molecule has 0 amide bonds. The van der Waals surface area contributed by atoms with E-state index in [0.29, 0.717) is 17.1 Å². The van der Waals surface area contributed by atoms with Gasteiger partial charge >= 0.3 is 6.61 Å². The fourth-order valence-electron chi connectivity index (χ4n) is 1.60. The Hall–Kier alpha value is -2.25. The zero-order valence-electron chi connectivity index (χ0n) is 11.1. The number of hydrogen-bond acceptors (Lipinski definition) is 4. The number of alkyl halides is 2. The number of fused-ring (bicyclic) bond motifs is 1. The van der Waals surface area contributed by atoms with Gasteiger partial charge in [0, 0.05) is 25.7 Å². The molecule has 0 saturated carbocycles. The molecule has 0 fully saturated rings. The molecule has 0 atom stereocenters. The van der Waals surface area contributed by atoms with E-state index in [1.807, 2.05) is 0 Å². The van der Waals surface area contributed by atoms with Crippen LogP contribution >= 0.6 is 0 Å². The highest BCUT2D eigenvalue weighted by Gasteiger charge is 2.19. The van der Waals surface area contributed by atoms with Gasteiger partial charge in [0.15, 0.2) is 17.5 Å². The lowest BCUT2D eigenvalue weighted by molar-refractivity contribution is -0.0505. The first-order chi connectivity index (χ1) is 9.47. The van der Waals surface area contributed by atoms with Crippen molar-refractivity contribution in [1.29, 1.82) is 0 Å². The predicted octanol–water partition coefficient (Wildman–Crippen LogP) is 1.39. The summed E-state index contributed by atoms with van der Waals surface area (Å²) in [5.74, 6) is 1.12. The van der Waals surface area contributed by atoms with Crippen molar-refractivity contribution >= 4 is 5.96 Å². The summed E-state index contributed by atoms with van der Waals surface area (Å²) < 4.78 is 39.6. The highest BCUT2D eigenvalue weighted by Crippen LogP contribution is 2.38. The Kier molecular flexibility index (Phi) is 4.11. The van der Waals surface area contributed by atoms with Crippen LogP contribution in [0.2, 0.25) is 0 Å². The predicted molar refractivity (Wildman–Crippen MR) is 68.2 cm³/mol. The van der Waals surface area contributed by atoms with Crippen molar-refractivity contribution in [3.8, 4) is 17.2 Å². The maximum Gasteiger partial charge on any atom is 0.387 e. The number of nitrogens with zero attached hydrogens (tertiary/aromatic N) is 2. The first-order valence-electron chi connectivity index (χ1n) is 5.82. The van der Waals surface area contributed by atoms with E-state index in [2.05, 4.69) is 9.73 Å². The second-order valence-electron chi connectivity index (χ2n) is 4.26. The van der Waals surface area contributed by atoms with Gasteiger partial charge in [0.25, 0.3) is 0 Å². The van der Waals surface area contributed by atoms with E-state index in [-0.39, 0.29) is 25.0 Å². The Morgan fingerprint density at radius 1 is 1.40 bits per heavy atom. The molecule has 6 nitrogen and oxygen atoms in total. The first kappa shape index (κ1) is 14.2. The minimum absolute atomic E-state index is 0.000411. The molecule has 0 radical (unpaired) electrons. The Morgan fingerprint density at radius 2 is 2.05 bits per heavy atom. The molecule has 1 aliphatic heterocycles. The average molecular weight is 287 g/mol. The van der Waals surface area contributed by atoms with Gasteiger partial charge in [0.05, 0.1) is 6.54 Å². The second-order valence-corrected chi connectivity index (χ2v) is 4.26. The van der Waals surface area contributed by atoms with Crippen LogP contribution in [0.3, 0.4) is 0 Å². The lowest BCUT2D eigenvalue weighted by Gasteiger charge is -2.13. The molecule has 1 aromatic rings. The highest BCUT2D eigenvalue weighted by molar-refractivity contribution is 5.77. The zero-order chi connectivity index (χ0) is 14.7. The third-order valence-corrected chi connectivity index (χ3v) is 2.64. The summed E-state index contributed by atoms with van der Waals surface area (Å²) in [5, 5.41) is 0. The van der Waals surface area contributed by atoms with Crippen LogP contribution in [-0.2, 0) is 6.54 Å². The largest absolute Gasteiger partial charge is 0.454 e. The molecule has 0 bridgehead atoms. The molecule has 0 aromatic heterocycles. The van der Waals surface area contributed by atoms with E-state index in [9.17, 15) is 8.78 Å². The van der Waals surface area contributed by atoms with Gasteiger partial charge in [-0.2, -0.15) is 8.78 Å². The summed E-state index contributed by atoms with van der Waals surface area (Å²) in [6.07, 6.45) is 0. The summed E-state index contributed by atoms with van der Waals surface area (Å²) in [6.45, 7) is -2.78. The quantitative estimate of drug-likeness (QED) is 0.669. The number of benzene rings is 1. The van der Waals surface area contributed by atoms with Crippen molar-refractivity contribution in [2.45, 2.75) is 13.2 Å². The molecule has 0 aliphatic carbocycles. The molecule has 0 spiro atoms. The number of hydrogen-bond donors (Lipinski definition) is 1. The number of nitrogens with two attached hydrogens (primary N) is 1. The lowest BCUT2D eigenvalue weighted by Crippen LogP contribution is -2.30. The van der Waals surface area contributed by atoms with Crippen molar-refractivity contribution in [3.63, 3.8) is 0 Å². The SMILES string of the molecule is CN(C)C(N)=NCc1cc2c(cc1OC(F)F)OCO2. The summed E-state index contributed by atoms with van der Waals surface area (Å²) >= 11 is 0. The molecule has 2 rings (SSSR count). The van der Waals surface area contributed by atoms with Crippen LogP contribution in [0.5, 0.6) is 17.2 Å². The van der Waals surface area contributed by atoms with E-state index in [1.165, 1.54) is 6.07 Å². The Morgan fingerprint density at radius 3 is 2.65 bits per heavy atom. The number of halogens is 2. The second kappa shape index (κ2) is 5.81. The van der Waals surface area contributed by atoms with Crippen LogP contribution in [0.1, 0.15) is 5.56 Å². The maximum atomic E-state index is 12.4. The minimum Gasteiger partial charge on any atom is -0.454 e. The van der Waals surface area contributed by atoms with Crippen LogP contribution in [0.25, 0.3) is 0 Å². The third kappa shape index (κ3) is 3.19. The molecule has 1 aromatic carbocycles. The van der Waals surface area contributed by atoms with Crippen molar-refractivity contribution in [1.82, 2.24) is 4.90 Å². The number of aliphatic imine (C=N–C) groups is 1. The Balaban J connectivity index is 2.27. The first-order valence-corrected chi connectivity index (χ1v) is 5.82. The number of rotatable bonds is 4. The van der Waals surface area contributed by atoms with Crippen molar-refractivity contribution in [2.75, 3.05) is 20.9 Å². The molecular weight excluding hydrogens is 272 g/mol. The zero-order valence-corrected chi connectivity index (χ0v) is 11.1. The fraction of sp³-hybridized carbons (Fsp3) is 0.417. The summed E-state index contributed by atoms with van der Waals surface area (Å²) in [6, 6.07) is 2.93. The van der Waals surface area contributed by atoms with Gasteiger partial charge in [0.2, 0.25) is 6.79 Å². The van der Waals surface area contributed by atoms with Crippen molar-refractivity contribution < 1.29 is 23.0 Å². The highest BCUT2D eigenvalue weighted by atomic mass is 19.3. The van der Waals surface area contributed by atoms with Crippen molar-refractivity contribution in [3.05, 3.63) is 17.7 Å². The van der Waals surface area contributed by atoms with E-state index in [0.717, 1.165) is 0 Å². The van der Waals surface area contributed by atoms with E-state index in [4.69, 9.17) is 15.2 Å². The summed E-state index contributed by atoms with van der Waals surface area (Å²) in [7, 11) is 3.46. The molecule has 0 saturated heterocycles. The van der Waals surface area contributed by atoms with Crippen LogP contribution in [-0.4, -0.2) is 38.4 Å². The van der Waals surface area contributed by atoms with Gasteiger partial charge in [-0.1, -0.05) is 0 Å². The minimum atomic E-state index is -2.93. The Bertz CT molecular complexity index is 521. The maximum absolute atomic E-state index is 12.4. The summed E-state index contributed by atoms with van der Waals surface area (Å²) in [5.41, 5.74) is 6.10. The lowest BCUT2D eigenvalue weighted by atomic mass is 10.1. The van der Waals surface area contributed by atoms with Crippen LogP contribution < -0.4 is 19.9 Å². The normalized spacial score (nSPS) is 13.8. The van der Waals surface area contributed by atoms with Crippen LogP contribution in [0.4, 0.5) is 8.78 Å². The van der Waals surface area contributed by atoms with Crippen LogP contribution in [0, 0.1) is 0 Å². The molecule has 8 heteroatoms. The van der Waals surface area contributed by atoms with E-state index in [1.54, 1.807) is 25.1 Å². The van der Waals surface area contributed by atoms with Crippen LogP contribution in [0.15, 0.2) is 17.1 Å². The van der Waals surface area contributed by atoms with Crippen molar-refractivity contribution in [2.24, 2.45) is 10.7 Å². The van der Waals surface area contributed by atoms with E-state index >= 15 is 0 Å². The van der Waals surface area contributed by atoms with E-state index < -0.39 is 6.61 Å². The molecule has 1 heterocycles. The van der Waals surface area contributed by atoms with Gasteiger partial charge < -0.3 is 24.8 Å². The standard InChI is InChI=1S/C12H15F2N3O3/c1-17(2)12(15)16-5-7-3-9-10(19-6-18-9)4-8(7)20-11(13)14/h3-4,11H,5-6H2,1-2H3,(H2,15,16). The molecule has 1 aliphatic rings. The molecule has 2 N–H and O–H groups in total. The van der Waals surface area contributed by atoms with Gasteiger partial charge in [-0.3, -0.25) is 0 Å². The van der Waals surface area contributed by atoms with Gasteiger partial charge in [0.1, 0.15) is 5.75 Å². The average Bonchev–Trinajstić information content (AvgIpc) is 2.81. The molecule has 0 unspecified atom stereocenters. The number of ether oxygens (including phenoxy) is 3. The van der Waals surface area contributed by atoms with Gasteiger partial charge in [-0.05, 0) is 6.07 Å². The topological polar surface area (TPSA) is 69.3 Å². The summed E-state index contributed by atoms with van der Waals surface area (Å²) in [4.78, 5) is 5.70.